The first-order chi connectivity index (χ1) is 11.5. The molecular weight excluding hydrogens is 326 g/mol. The molecule has 4 nitrogen and oxygen atoms in total. The Bertz CT molecular complexity index is 834. The zero-order valence-electron chi connectivity index (χ0n) is 12.1. The minimum absolute atomic E-state index is 0.00501. The number of hydrogen-bond donors (Lipinski definition) is 1. The van der Waals surface area contributed by atoms with E-state index in [9.17, 15) is 17.6 Å². The van der Waals surface area contributed by atoms with Gasteiger partial charge in [0.05, 0.1) is 0 Å². The van der Waals surface area contributed by atoms with Crippen molar-refractivity contribution in [1.82, 2.24) is 10.2 Å². The second-order valence-corrected chi connectivity index (χ2v) is 4.93. The number of rotatable bonds is 5. The highest BCUT2D eigenvalue weighted by Crippen LogP contribution is 2.23. The van der Waals surface area contributed by atoms with Crippen molar-refractivity contribution in [2.24, 2.45) is 0 Å². The molecule has 0 atom stereocenters. The van der Waals surface area contributed by atoms with Gasteiger partial charge in [0.25, 0.3) is 5.89 Å². The summed E-state index contributed by atoms with van der Waals surface area (Å²) >= 11 is 0. The lowest BCUT2D eigenvalue weighted by Gasteiger charge is -2.07. The Morgan fingerprint density at radius 3 is 2.33 bits per heavy atom. The maximum atomic E-state index is 13.1. The molecule has 3 aromatic rings. The predicted octanol–water partition coefficient (Wildman–Crippen LogP) is 4.56. The highest BCUT2D eigenvalue weighted by molar-refractivity contribution is 5.53. The maximum absolute atomic E-state index is 13.1. The van der Waals surface area contributed by atoms with E-state index in [0.717, 1.165) is 17.7 Å². The van der Waals surface area contributed by atoms with Crippen molar-refractivity contribution in [1.29, 1.82) is 0 Å². The van der Waals surface area contributed by atoms with Crippen molar-refractivity contribution in [3.63, 3.8) is 0 Å². The first-order valence-corrected chi connectivity index (χ1v) is 6.93. The van der Waals surface area contributed by atoms with Crippen molar-refractivity contribution in [3.05, 3.63) is 65.6 Å². The van der Waals surface area contributed by atoms with Gasteiger partial charge in [0, 0.05) is 23.9 Å². The average Bonchev–Trinajstić information content (AvgIpc) is 3.07. The lowest BCUT2D eigenvalue weighted by atomic mass is 10.1. The zero-order valence-corrected chi connectivity index (χ0v) is 12.1. The van der Waals surface area contributed by atoms with Crippen LogP contribution in [0.1, 0.15) is 17.9 Å². The van der Waals surface area contributed by atoms with E-state index < -0.39 is 24.0 Å². The van der Waals surface area contributed by atoms with E-state index in [1.807, 2.05) is 0 Å². The average molecular weight is 337 g/mol. The molecule has 2 aromatic carbocycles. The third-order valence-electron chi connectivity index (χ3n) is 3.24. The Labute approximate surface area is 134 Å². The highest BCUT2D eigenvalue weighted by Gasteiger charge is 2.16. The normalized spacial score (nSPS) is 11.0. The van der Waals surface area contributed by atoms with Crippen molar-refractivity contribution in [3.8, 4) is 11.5 Å². The van der Waals surface area contributed by atoms with Crippen molar-refractivity contribution in [2.45, 2.75) is 13.0 Å². The minimum Gasteiger partial charge on any atom is -0.415 e. The molecule has 0 radical (unpaired) electrons. The van der Waals surface area contributed by atoms with Crippen LogP contribution < -0.4 is 5.32 Å². The number of nitrogens with zero attached hydrogens (tertiary/aromatic N) is 2. The van der Waals surface area contributed by atoms with Gasteiger partial charge in [-0.3, -0.25) is 0 Å². The fourth-order valence-corrected chi connectivity index (χ4v) is 2.01. The van der Waals surface area contributed by atoms with Crippen LogP contribution in [0.25, 0.3) is 11.5 Å². The van der Waals surface area contributed by atoms with E-state index in [-0.39, 0.29) is 5.89 Å². The second kappa shape index (κ2) is 6.69. The molecule has 1 aromatic heterocycles. The lowest BCUT2D eigenvalue weighted by Crippen LogP contribution is -2.00. The smallest absolute Gasteiger partial charge is 0.314 e. The monoisotopic (exact) mass is 337 g/mol. The summed E-state index contributed by atoms with van der Waals surface area (Å²) in [5.41, 5.74) is 1.79. The molecule has 1 N–H and O–H groups in total. The first-order valence-electron chi connectivity index (χ1n) is 6.93. The summed E-state index contributed by atoms with van der Waals surface area (Å²) in [6.07, 6.45) is -2.81. The molecule has 0 spiro atoms. The fourth-order valence-electron chi connectivity index (χ4n) is 2.01. The van der Waals surface area contributed by atoms with Crippen LogP contribution in [-0.4, -0.2) is 10.2 Å². The van der Waals surface area contributed by atoms with Gasteiger partial charge in [-0.2, -0.15) is 8.78 Å². The van der Waals surface area contributed by atoms with Gasteiger partial charge in [-0.25, -0.2) is 8.78 Å². The lowest BCUT2D eigenvalue weighted by molar-refractivity contribution is 0.116. The summed E-state index contributed by atoms with van der Waals surface area (Å²) in [4.78, 5) is 0. The highest BCUT2D eigenvalue weighted by atomic mass is 19.3. The topological polar surface area (TPSA) is 51.0 Å². The van der Waals surface area contributed by atoms with E-state index in [1.54, 1.807) is 24.3 Å². The van der Waals surface area contributed by atoms with E-state index >= 15 is 0 Å². The molecule has 0 bridgehead atoms. The third kappa shape index (κ3) is 3.53. The largest absolute Gasteiger partial charge is 0.415 e. The van der Waals surface area contributed by atoms with Gasteiger partial charge in [-0.05, 0) is 29.8 Å². The zero-order chi connectivity index (χ0) is 17.1. The Kier molecular flexibility index (Phi) is 4.45. The number of anilines is 1. The molecule has 1 heterocycles. The van der Waals surface area contributed by atoms with Crippen LogP contribution in [0.15, 0.2) is 46.9 Å². The van der Waals surface area contributed by atoms with E-state index in [0.29, 0.717) is 17.8 Å². The number of aromatic nitrogens is 2. The van der Waals surface area contributed by atoms with Crippen LogP contribution in [0.2, 0.25) is 0 Å². The number of halogens is 4. The number of benzene rings is 2. The molecule has 0 saturated heterocycles. The molecule has 0 amide bonds. The van der Waals surface area contributed by atoms with Crippen LogP contribution in [0, 0.1) is 11.6 Å². The van der Waals surface area contributed by atoms with Crippen LogP contribution >= 0.6 is 0 Å². The van der Waals surface area contributed by atoms with Gasteiger partial charge in [-0.1, -0.05) is 12.1 Å². The molecule has 0 aliphatic heterocycles. The molecule has 124 valence electrons. The van der Waals surface area contributed by atoms with Gasteiger partial charge >= 0.3 is 6.43 Å². The van der Waals surface area contributed by atoms with Gasteiger partial charge in [-0.15, -0.1) is 10.2 Å². The quantitative estimate of drug-likeness (QED) is 0.693. The van der Waals surface area contributed by atoms with Crippen LogP contribution in [0.3, 0.4) is 0 Å². The summed E-state index contributed by atoms with van der Waals surface area (Å²) in [5, 5.41) is 9.77. The fraction of sp³-hybridized carbons (Fsp3) is 0.125. The van der Waals surface area contributed by atoms with Gasteiger partial charge < -0.3 is 9.73 Å². The number of hydrogen-bond acceptors (Lipinski definition) is 4. The summed E-state index contributed by atoms with van der Waals surface area (Å²) in [6, 6.07) is 10.3. The molecular formula is C16H11F4N3O. The Balaban J connectivity index is 1.66. The van der Waals surface area contributed by atoms with Gasteiger partial charge in [0.1, 0.15) is 0 Å². The van der Waals surface area contributed by atoms with E-state index in [2.05, 4.69) is 15.5 Å². The Morgan fingerprint density at radius 2 is 1.71 bits per heavy atom. The predicted molar refractivity (Wildman–Crippen MR) is 78.4 cm³/mol. The SMILES string of the molecule is Fc1ccc(NCc2ccc(-c3nnc(C(F)F)o3)cc2)cc1F. The molecule has 0 aliphatic rings. The number of alkyl halides is 2. The summed E-state index contributed by atoms with van der Waals surface area (Å²) < 4.78 is 55.7. The number of nitrogens with one attached hydrogen (secondary N) is 1. The maximum Gasteiger partial charge on any atom is 0.314 e. The van der Waals surface area contributed by atoms with Gasteiger partial charge in [0.2, 0.25) is 5.89 Å². The van der Waals surface area contributed by atoms with Crippen LogP contribution in [0.5, 0.6) is 0 Å². The molecule has 8 heteroatoms. The Hall–Kier alpha value is -2.90. The summed E-state index contributed by atoms with van der Waals surface area (Å²) in [6.45, 7) is 0.372. The van der Waals surface area contributed by atoms with Crippen LogP contribution in [0.4, 0.5) is 23.2 Å². The van der Waals surface area contributed by atoms with E-state index in [4.69, 9.17) is 4.42 Å². The molecule has 0 fully saturated rings. The summed E-state index contributed by atoms with van der Waals surface area (Å²) in [5.74, 6) is -2.56. The van der Waals surface area contributed by atoms with Gasteiger partial charge in [0.15, 0.2) is 11.6 Å². The van der Waals surface area contributed by atoms with Crippen LogP contribution in [-0.2, 0) is 6.54 Å². The Morgan fingerprint density at radius 1 is 0.958 bits per heavy atom. The third-order valence-corrected chi connectivity index (χ3v) is 3.24. The minimum atomic E-state index is -2.81. The molecule has 0 unspecified atom stereocenters. The standard InChI is InChI=1S/C16H11F4N3O/c17-12-6-5-11(7-13(12)18)21-8-9-1-3-10(4-2-9)15-22-23-16(24-15)14(19)20/h1-7,14,21H,8H2. The molecule has 3 rings (SSSR count). The van der Waals surface area contributed by atoms with Crippen molar-refractivity contribution >= 4 is 5.69 Å². The van der Waals surface area contributed by atoms with Crippen molar-refractivity contribution in [2.75, 3.05) is 5.32 Å². The van der Waals surface area contributed by atoms with Crippen molar-refractivity contribution < 1.29 is 22.0 Å². The van der Waals surface area contributed by atoms with E-state index in [1.165, 1.54) is 6.07 Å². The second-order valence-electron chi connectivity index (χ2n) is 4.93. The summed E-state index contributed by atoms with van der Waals surface area (Å²) in [7, 11) is 0. The molecule has 0 aliphatic carbocycles. The first kappa shape index (κ1) is 16.0. The molecule has 24 heavy (non-hydrogen) atoms. The molecule has 0 saturated carbocycles.